The molecule has 0 aromatic carbocycles. The maximum Gasteiger partial charge on any atom is 0.123 e. The Kier molecular flexibility index (Phi) is 2.74. The van der Waals surface area contributed by atoms with Crippen LogP contribution in [-0.2, 0) is 0 Å². The third kappa shape index (κ3) is 2.00. The molecule has 0 aromatic rings. The van der Waals surface area contributed by atoms with Crippen molar-refractivity contribution in [3.05, 3.63) is 11.3 Å². The minimum atomic E-state index is 0.588. The van der Waals surface area contributed by atoms with Gasteiger partial charge in [0.05, 0.1) is 0 Å². The number of nitrogens with zero attached hydrogens (tertiary/aromatic N) is 1. The highest BCUT2D eigenvalue weighted by atomic mass is 14.9. The maximum absolute atomic E-state index is 5.78. The molecule has 1 saturated carbocycles. The van der Waals surface area contributed by atoms with Gasteiger partial charge in [-0.3, -0.25) is 4.99 Å². The summed E-state index contributed by atoms with van der Waals surface area (Å²) in [4.78, 5) is 4.16. The SMILES string of the molecule is CCN=C(N)C(=C(C)N)C1CC1. The Morgan fingerprint density at radius 1 is 1.42 bits per heavy atom. The maximum atomic E-state index is 5.78. The van der Waals surface area contributed by atoms with Crippen LogP contribution in [0.5, 0.6) is 0 Å². The van der Waals surface area contributed by atoms with Gasteiger partial charge in [0.15, 0.2) is 0 Å². The van der Waals surface area contributed by atoms with Crippen molar-refractivity contribution in [2.24, 2.45) is 22.4 Å². The van der Waals surface area contributed by atoms with E-state index in [2.05, 4.69) is 4.99 Å². The van der Waals surface area contributed by atoms with E-state index in [9.17, 15) is 0 Å². The van der Waals surface area contributed by atoms with Crippen molar-refractivity contribution >= 4 is 5.84 Å². The van der Waals surface area contributed by atoms with Crippen molar-refractivity contribution < 1.29 is 0 Å². The second-order valence-corrected chi connectivity index (χ2v) is 3.23. The molecule has 0 atom stereocenters. The first-order valence-electron chi connectivity index (χ1n) is 4.43. The van der Waals surface area contributed by atoms with E-state index in [4.69, 9.17) is 11.5 Å². The van der Waals surface area contributed by atoms with Gasteiger partial charge in [0.25, 0.3) is 0 Å². The second kappa shape index (κ2) is 3.61. The summed E-state index contributed by atoms with van der Waals surface area (Å²) < 4.78 is 0. The van der Waals surface area contributed by atoms with Crippen LogP contribution in [0.25, 0.3) is 0 Å². The number of aliphatic imine (C=N–C) groups is 1. The van der Waals surface area contributed by atoms with Gasteiger partial charge < -0.3 is 11.5 Å². The molecule has 0 saturated heterocycles. The molecule has 0 spiro atoms. The summed E-state index contributed by atoms with van der Waals surface area (Å²) in [6.45, 7) is 4.60. The van der Waals surface area contributed by atoms with E-state index < -0.39 is 0 Å². The number of amidine groups is 1. The molecule has 68 valence electrons. The zero-order valence-corrected chi connectivity index (χ0v) is 7.80. The summed E-state index contributed by atoms with van der Waals surface area (Å²) in [5.74, 6) is 1.23. The van der Waals surface area contributed by atoms with Crippen LogP contribution in [0.3, 0.4) is 0 Å². The van der Waals surface area contributed by atoms with Crippen LogP contribution in [0.4, 0.5) is 0 Å². The van der Waals surface area contributed by atoms with Crippen LogP contribution in [0, 0.1) is 5.92 Å². The fourth-order valence-corrected chi connectivity index (χ4v) is 1.36. The summed E-state index contributed by atoms with van der Waals surface area (Å²) in [6.07, 6.45) is 2.42. The summed E-state index contributed by atoms with van der Waals surface area (Å²) in [5.41, 5.74) is 13.4. The van der Waals surface area contributed by atoms with Gasteiger partial charge in [0.2, 0.25) is 0 Å². The minimum absolute atomic E-state index is 0.588. The Morgan fingerprint density at radius 3 is 2.33 bits per heavy atom. The number of rotatable bonds is 3. The zero-order valence-electron chi connectivity index (χ0n) is 7.80. The number of nitrogens with two attached hydrogens (primary N) is 2. The van der Waals surface area contributed by atoms with Gasteiger partial charge in [-0.2, -0.15) is 0 Å². The Morgan fingerprint density at radius 2 is 2.00 bits per heavy atom. The van der Waals surface area contributed by atoms with E-state index in [0.717, 1.165) is 17.8 Å². The number of allylic oxidation sites excluding steroid dienone is 1. The molecule has 0 aliphatic heterocycles. The molecule has 0 aromatic heterocycles. The molecule has 1 rings (SSSR count). The van der Waals surface area contributed by atoms with Gasteiger partial charge in [-0.05, 0) is 32.6 Å². The lowest BCUT2D eigenvalue weighted by Gasteiger charge is -2.06. The number of hydrogen-bond acceptors (Lipinski definition) is 2. The predicted molar refractivity (Wildman–Crippen MR) is 51.8 cm³/mol. The Hall–Kier alpha value is -0.990. The standard InChI is InChI=1S/C9H17N3/c1-3-12-9(11)8(6(2)10)7-4-5-7/h7H,3-5,10H2,1-2H3,(H2,11,12). The van der Waals surface area contributed by atoms with Gasteiger partial charge in [0, 0.05) is 17.8 Å². The first kappa shape index (κ1) is 9.10. The first-order chi connectivity index (χ1) is 5.66. The summed E-state index contributed by atoms with van der Waals surface area (Å²) >= 11 is 0. The molecule has 0 amide bonds. The van der Waals surface area contributed by atoms with E-state index in [-0.39, 0.29) is 0 Å². The highest BCUT2D eigenvalue weighted by Crippen LogP contribution is 2.37. The average molecular weight is 167 g/mol. The summed E-state index contributed by atoms with van der Waals surface area (Å²) in [7, 11) is 0. The van der Waals surface area contributed by atoms with Crippen molar-refractivity contribution in [3.8, 4) is 0 Å². The molecule has 0 unspecified atom stereocenters. The van der Waals surface area contributed by atoms with Crippen LogP contribution < -0.4 is 11.5 Å². The lowest BCUT2D eigenvalue weighted by atomic mass is 10.1. The molecule has 12 heavy (non-hydrogen) atoms. The molecular weight excluding hydrogens is 150 g/mol. The highest BCUT2D eigenvalue weighted by molar-refractivity contribution is 5.98. The van der Waals surface area contributed by atoms with Crippen LogP contribution in [0.15, 0.2) is 16.3 Å². The van der Waals surface area contributed by atoms with Gasteiger partial charge >= 0.3 is 0 Å². The van der Waals surface area contributed by atoms with E-state index in [0.29, 0.717) is 11.8 Å². The Bertz CT molecular complexity index is 220. The van der Waals surface area contributed by atoms with Crippen molar-refractivity contribution in [3.63, 3.8) is 0 Å². The highest BCUT2D eigenvalue weighted by Gasteiger charge is 2.29. The topological polar surface area (TPSA) is 64.4 Å². The third-order valence-corrected chi connectivity index (χ3v) is 2.01. The quantitative estimate of drug-likeness (QED) is 0.486. The largest absolute Gasteiger partial charge is 0.402 e. The predicted octanol–water partition coefficient (Wildman–Crippen LogP) is 1.01. The molecule has 0 radical (unpaired) electrons. The second-order valence-electron chi connectivity index (χ2n) is 3.23. The molecule has 1 aliphatic rings. The number of hydrogen-bond donors (Lipinski definition) is 2. The molecule has 3 heteroatoms. The van der Waals surface area contributed by atoms with Crippen LogP contribution in [0.2, 0.25) is 0 Å². The van der Waals surface area contributed by atoms with E-state index in [1.165, 1.54) is 12.8 Å². The van der Waals surface area contributed by atoms with Gasteiger partial charge in [0.1, 0.15) is 5.84 Å². The molecule has 3 nitrogen and oxygen atoms in total. The smallest absolute Gasteiger partial charge is 0.123 e. The molecule has 4 N–H and O–H groups in total. The van der Waals surface area contributed by atoms with Crippen LogP contribution in [-0.4, -0.2) is 12.4 Å². The lowest BCUT2D eigenvalue weighted by molar-refractivity contribution is 1.00. The summed E-state index contributed by atoms with van der Waals surface area (Å²) in [6, 6.07) is 0. The molecule has 0 bridgehead atoms. The summed E-state index contributed by atoms with van der Waals surface area (Å²) in [5, 5.41) is 0. The van der Waals surface area contributed by atoms with Crippen LogP contribution in [0.1, 0.15) is 26.7 Å². The van der Waals surface area contributed by atoms with Crippen molar-refractivity contribution in [1.29, 1.82) is 0 Å². The fraction of sp³-hybridized carbons (Fsp3) is 0.667. The van der Waals surface area contributed by atoms with Crippen molar-refractivity contribution in [1.82, 2.24) is 0 Å². The first-order valence-corrected chi connectivity index (χ1v) is 4.43. The van der Waals surface area contributed by atoms with Crippen molar-refractivity contribution in [2.75, 3.05) is 6.54 Å². The van der Waals surface area contributed by atoms with Crippen molar-refractivity contribution in [2.45, 2.75) is 26.7 Å². The molecule has 1 fully saturated rings. The lowest BCUT2D eigenvalue weighted by Crippen LogP contribution is -2.20. The Labute approximate surface area is 73.5 Å². The zero-order chi connectivity index (χ0) is 9.14. The monoisotopic (exact) mass is 167 g/mol. The third-order valence-electron chi connectivity index (χ3n) is 2.01. The van der Waals surface area contributed by atoms with Gasteiger partial charge in [-0.15, -0.1) is 0 Å². The molecular formula is C9H17N3. The molecule has 0 heterocycles. The van der Waals surface area contributed by atoms with E-state index >= 15 is 0 Å². The molecule has 1 aliphatic carbocycles. The fourth-order valence-electron chi connectivity index (χ4n) is 1.36. The van der Waals surface area contributed by atoms with Gasteiger partial charge in [-0.1, -0.05) is 0 Å². The van der Waals surface area contributed by atoms with Crippen LogP contribution >= 0.6 is 0 Å². The minimum Gasteiger partial charge on any atom is -0.402 e. The van der Waals surface area contributed by atoms with E-state index in [1.54, 1.807) is 0 Å². The van der Waals surface area contributed by atoms with E-state index in [1.807, 2.05) is 13.8 Å². The van der Waals surface area contributed by atoms with Gasteiger partial charge in [-0.25, -0.2) is 0 Å². The normalized spacial score (nSPS) is 20.7. The Balaban J connectivity index is 2.79. The average Bonchev–Trinajstić information content (AvgIpc) is 2.71.